The Morgan fingerprint density at radius 3 is 2.03 bits per heavy atom. The van der Waals surface area contributed by atoms with Gasteiger partial charge in [-0.2, -0.15) is 0 Å². The van der Waals surface area contributed by atoms with Gasteiger partial charge in [0.25, 0.3) is 5.91 Å². The monoisotopic (exact) mass is 515 g/mol. The van der Waals surface area contributed by atoms with Crippen LogP contribution in [-0.4, -0.2) is 91.2 Å². The van der Waals surface area contributed by atoms with Gasteiger partial charge in [-0.1, -0.05) is 0 Å². The van der Waals surface area contributed by atoms with Gasteiger partial charge in [-0.15, -0.1) is 0 Å². The molecule has 200 valence electrons. The summed E-state index contributed by atoms with van der Waals surface area (Å²) in [6.45, 7) is 18.6. The van der Waals surface area contributed by atoms with Crippen LogP contribution in [0.25, 0.3) is 0 Å². The number of ether oxygens (including phenoxy) is 5. The highest BCUT2D eigenvalue weighted by Crippen LogP contribution is 2.36. The minimum Gasteiger partial charge on any atom is -0.443 e. The molecule has 10 nitrogen and oxygen atoms in total. The van der Waals surface area contributed by atoms with Crippen molar-refractivity contribution in [2.45, 2.75) is 116 Å². The van der Waals surface area contributed by atoms with Crippen LogP contribution >= 0.6 is 0 Å². The number of carbonyl (C=O) groups is 2. The highest BCUT2D eigenvalue weighted by Gasteiger charge is 2.52. The number of hydrogen-bond donors (Lipinski definition) is 1. The van der Waals surface area contributed by atoms with Crippen LogP contribution in [0.1, 0.15) is 48.5 Å². The summed E-state index contributed by atoms with van der Waals surface area (Å²) >= 11 is 0. The van der Waals surface area contributed by atoms with Gasteiger partial charge in [0.2, 0.25) is 0 Å². The Morgan fingerprint density at radius 1 is 1.09 bits per heavy atom. The molecule has 5 atom stereocenters. The van der Waals surface area contributed by atoms with Gasteiger partial charge < -0.3 is 33.2 Å². The van der Waals surface area contributed by atoms with Gasteiger partial charge >= 0.3 is 6.09 Å². The standard InChI is InChI=1S/C24H41NO9Si/c1-22(2,3)33-21(28)25-15(19(34-35(8,9)10)17-13-30-24(6,7)32-17)11-14(20(25)27)18(26)16-12-29-23(4,5)31-16/h11,15-19,26H,12-13H2,1-10H3/t15-,16+,17-,18+,19+/m1/s1. The molecule has 0 unspecified atom stereocenters. The summed E-state index contributed by atoms with van der Waals surface area (Å²) in [5.41, 5.74) is -0.797. The average molecular weight is 516 g/mol. The second kappa shape index (κ2) is 9.51. The molecule has 3 heterocycles. The van der Waals surface area contributed by atoms with Crippen LogP contribution in [0.4, 0.5) is 4.79 Å². The fourth-order valence-corrected chi connectivity index (χ4v) is 5.42. The number of hydrogen-bond acceptors (Lipinski definition) is 9. The van der Waals surface area contributed by atoms with Crippen LogP contribution in [0.5, 0.6) is 0 Å². The zero-order valence-corrected chi connectivity index (χ0v) is 23.5. The van der Waals surface area contributed by atoms with E-state index in [1.165, 1.54) is 0 Å². The fraction of sp³-hybridized carbons (Fsp3) is 0.833. The van der Waals surface area contributed by atoms with Gasteiger partial charge in [0, 0.05) is 5.57 Å². The second-order valence-corrected chi connectivity index (χ2v) is 16.6. The van der Waals surface area contributed by atoms with E-state index in [2.05, 4.69) is 0 Å². The highest BCUT2D eigenvalue weighted by atomic mass is 28.4. The van der Waals surface area contributed by atoms with Gasteiger partial charge in [-0.25, -0.2) is 9.69 Å². The third kappa shape index (κ3) is 6.91. The minimum absolute atomic E-state index is 0.0366. The van der Waals surface area contributed by atoms with E-state index in [0.717, 1.165) is 4.90 Å². The number of imide groups is 1. The SMILES string of the molecule is CC(C)(C)OC(=O)N1C(=O)C([C@H](O)[C@@H]2COC(C)(C)O2)=C[C@@H]1[C@H](O[Si](C)(C)C)[C@H]1COC(C)(C)O1. The first kappa shape index (κ1) is 28.2. The second-order valence-electron chi connectivity index (χ2n) is 12.1. The number of nitrogens with zero attached hydrogens (tertiary/aromatic N) is 1. The van der Waals surface area contributed by atoms with E-state index < -0.39 is 68.0 Å². The lowest BCUT2D eigenvalue weighted by Gasteiger charge is -2.37. The van der Waals surface area contributed by atoms with Crippen molar-refractivity contribution < 1.29 is 42.8 Å². The quantitative estimate of drug-likeness (QED) is 0.533. The van der Waals surface area contributed by atoms with Gasteiger partial charge in [-0.05, 0) is 74.2 Å². The maximum atomic E-state index is 13.6. The molecule has 3 aliphatic rings. The van der Waals surface area contributed by atoms with Gasteiger partial charge in [-0.3, -0.25) is 4.79 Å². The molecule has 0 aromatic heterocycles. The average Bonchev–Trinajstić information content (AvgIpc) is 3.31. The molecule has 1 N–H and O–H groups in total. The van der Waals surface area contributed by atoms with E-state index in [1.807, 2.05) is 19.6 Å². The highest BCUT2D eigenvalue weighted by molar-refractivity contribution is 6.69. The Morgan fingerprint density at radius 2 is 1.60 bits per heavy atom. The molecule has 0 radical (unpaired) electrons. The number of aliphatic hydroxyl groups is 1. The lowest BCUT2D eigenvalue weighted by molar-refractivity contribution is -0.154. The number of rotatable bonds is 6. The van der Waals surface area contributed by atoms with Crippen molar-refractivity contribution in [3.63, 3.8) is 0 Å². The van der Waals surface area contributed by atoms with E-state index in [1.54, 1.807) is 54.5 Å². The molecule has 2 fully saturated rings. The molecule has 0 spiro atoms. The first-order valence-electron chi connectivity index (χ1n) is 12.1. The van der Waals surface area contributed by atoms with E-state index >= 15 is 0 Å². The molecule has 3 aliphatic heterocycles. The molecule has 0 bridgehead atoms. The summed E-state index contributed by atoms with van der Waals surface area (Å²) in [4.78, 5) is 27.9. The molecule has 3 rings (SSSR count). The predicted octanol–water partition coefficient (Wildman–Crippen LogP) is 2.94. The summed E-state index contributed by atoms with van der Waals surface area (Å²) < 4.78 is 35.3. The molecule has 35 heavy (non-hydrogen) atoms. The maximum Gasteiger partial charge on any atom is 0.417 e. The molecular weight excluding hydrogens is 474 g/mol. The van der Waals surface area contributed by atoms with Crippen LogP contribution in [0, 0.1) is 0 Å². The molecule has 0 aromatic rings. The van der Waals surface area contributed by atoms with Crippen LogP contribution in [-0.2, 0) is 32.9 Å². The Kier molecular flexibility index (Phi) is 7.67. The van der Waals surface area contributed by atoms with Crippen molar-refractivity contribution in [1.29, 1.82) is 0 Å². The third-order valence-corrected chi connectivity index (χ3v) is 6.61. The van der Waals surface area contributed by atoms with E-state index in [-0.39, 0.29) is 18.8 Å². The summed E-state index contributed by atoms with van der Waals surface area (Å²) in [6.07, 6.45) is -2.58. The van der Waals surface area contributed by atoms with Gasteiger partial charge in [0.1, 0.15) is 23.9 Å². The van der Waals surface area contributed by atoms with Crippen molar-refractivity contribution >= 4 is 20.3 Å². The number of aliphatic hydroxyl groups excluding tert-OH is 1. The van der Waals surface area contributed by atoms with Crippen molar-refractivity contribution in [2.75, 3.05) is 13.2 Å². The Labute approximate surface area is 208 Å². The van der Waals surface area contributed by atoms with Crippen molar-refractivity contribution in [3.8, 4) is 0 Å². The van der Waals surface area contributed by atoms with Crippen LogP contribution < -0.4 is 0 Å². The first-order chi connectivity index (χ1) is 15.8. The molecule has 2 amide bonds. The van der Waals surface area contributed by atoms with E-state index in [0.29, 0.717) is 0 Å². The van der Waals surface area contributed by atoms with E-state index in [9.17, 15) is 14.7 Å². The Hall–Kier alpha value is -1.34. The zero-order chi connectivity index (χ0) is 26.6. The largest absolute Gasteiger partial charge is 0.443 e. The molecule has 11 heteroatoms. The first-order valence-corrected chi connectivity index (χ1v) is 15.5. The summed E-state index contributed by atoms with van der Waals surface area (Å²) in [5.74, 6) is -2.38. The van der Waals surface area contributed by atoms with Gasteiger partial charge in [0.05, 0.1) is 25.4 Å². The minimum atomic E-state index is -2.19. The Bertz CT molecular complexity index is 858. The fourth-order valence-electron chi connectivity index (χ4n) is 4.31. The lowest BCUT2D eigenvalue weighted by Crippen LogP contribution is -2.55. The summed E-state index contributed by atoms with van der Waals surface area (Å²) in [5, 5.41) is 11.1. The van der Waals surface area contributed by atoms with Crippen molar-refractivity contribution in [3.05, 3.63) is 11.6 Å². The third-order valence-electron chi connectivity index (χ3n) is 5.63. The zero-order valence-electron chi connectivity index (χ0n) is 22.5. The van der Waals surface area contributed by atoms with Crippen LogP contribution in [0.3, 0.4) is 0 Å². The van der Waals surface area contributed by atoms with E-state index in [4.69, 9.17) is 28.1 Å². The van der Waals surface area contributed by atoms with Crippen molar-refractivity contribution in [1.82, 2.24) is 4.90 Å². The maximum absolute atomic E-state index is 13.6. The normalized spacial score (nSPS) is 30.4. The summed E-state index contributed by atoms with van der Waals surface area (Å²) in [6, 6.07) is -0.869. The van der Waals surface area contributed by atoms with Gasteiger partial charge in [0.15, 0.2) is 19.9 Å². The predicted molar refractivity (Wildman–Crippen MR) is 129 cm³/mol. The summed E-state index contributed by atoms with van der Waals surface area (Å²) in [7, 11) is -2.19. The molecule has 0 saturated carbocycles. The van der Waals surface area contributed by atoms with Crippen LogP contribution in [0.2, 0.25) is 19.6 Å². The molecular formula is C24H41NO9Si. The topological polar surface area (TPSA) is 113 Å². The molecule has 2 saturated heterocycles. The van der Waals surface area contributed by atoms with Crippen molar-refractivity contribution in [2.24, 2.45) is 0 Å². The van der Waals surface area contributed by atoms with Crippen LogP contribution in [0.15, 0.2) is 11.6 Å². The molecule has 0 aromatic carbocycles. The number of amides is 2. The molecule has 0 aliphatic carbocycles. The smallest absolute Gasteiger partial charge is 0.417 e. The Balaban J connectivity index is 2.00. The number of carbonyl (C=O) groups excluding carboxylic acids is 2. The lowest BCUT2D eigenvalue weighted by atomic mass is 10.0.